The fourth-order valence-electron chi connectivity index (χ4n) is 1.77. The van der Waals surface area contributed by atoms with E-state index in [1.54, 1.807) is 21.9 Å². The Balaban J connectivity index is 2.46. The van der Waals surface area contributed by atoms with Crippen molar-refractivity contribution in [2.24, 2.45) is 0 Å². The Morgan fingerprint density at radius 3 is 2.45 bits per heavy atom. The van der Waals surface area contributed by atoms with Gasteiger partial charge in [0, 0.05) is 26.3 Å². The molecule has 2 rings (SSSR count). The van der Waals surface area contributed by atoms with Crippen molar-refractivity contribution in [3.8, 4) is 0 Å². The maximum absolute atomic E-state index is 13.4. The van der Waals surface area contributed by atoms with Gasteiger partial charge in [0.15, 0.2) is 0 Å². The molecule has 0 radical (unpaired) electrons. The summed E-state index contributed by atoms with van der Waals surface area (Å²) in [6.07, 6.45) is 0. The second-order valence-corrected chi connectivity index (χ2v) is 4.41. The molecule has 1 heterocycles. The standard InChI is InChI=1S/C13H17FN6/c1-4-20(10-7-5-6-9(14)8-10)13-17-11(15)16-12(18-13)19(2)3/h5-8H,4H2,1-3H3,(H2,15,16,17,18). The highest BCUT2D eigenvalue weighted by Gasteiger charge is 2.14. The first-order valence-electron chi connectivity index (χ1n) is 6.23. The van der Waals surface area contributed by atoms with Crippen molar-refractivity contribution in [1.29, 1.82) is 0 Å². The van der Waals surface area contributed by atoms with Crippen LogP contribution in [0.4, 0.5) is 27.9 Å². The van der Waals surface area contributed by atoms with Gasteiger partial charge in [-0.15, -0.1) is 0 Å². The zero-order valence-corrected chi connectivity index (χ0v) is 11.7. The van der Waals surface area contributed by atoms with Crippen LogP contribution in [0.1, 0.15) is 6.92 Å². The van der Waals surface area contributed by atoms with E-state index in [9.17, 15) is 4.39 Å². The minimum absolute atomic E-state index is 0.133. The van der Waals surface area contributed by atoms with Gasteiger partial charge in [0.2, 0.25) is 17.8 Å². The molecule has 0 aliphatic heterocycles. The van der Waals surface area contributed by atoms with E-state index in [-0.39, 0.29) is 11.8 Å². The van der Waals surface area contributed by atoms with Crippen LogP contribution < -0.4 is 15.5 Å². The molecule has 1 aromatic heterocycles. The lowest BCUT2D eigenvalue weighted by atomic mass is 10.3. The fraction of sp³-hybridized carbons (Fsp3) is 0.308. The normalized spacial score (nSPS) is 10.4. The summed E-state index contributed by atoms with van der Waals surface area (Å²) < 4.78 is 13.4. The molecule has 106 valence electrons. The molecule has 0 spiro atoms. The second-order valence-electron chi connectivity index (χ2n) is 4.41. The van der Waals surface area contributed by atoms with Gasteiger partial charge in [0.05, 0.1) is 0 Å². The highest BCUT2D eigenvalue weighted by atomic mass is 19.1. The first-order valence-corrected chi connectivity index (χ1v) is 6.23. The Morgan fingerprint density at radius 2 is 1.85 bits per heavy atom. The van der Waals surface area contributed by atoms with E-state index in [0.717, 1.165) is 0 Å². The van der Waals surface area contributed by atoms with E-state index in [4.69, 9.17) is 5.73 Å². The van der Waals surface area contributed by atoms with Gasteiger partial charge in [-0.25, -0.2) is 4.39 Å². The average molecular weight is 276 g/mol. The van der Waals surface area contributed by atoms with Gasteiger partial charge in [-0.1, -0.05) is 6.07 Å². The van der Waals surface area contributed by atoms with Crippen molar-refractivity contribution in [3.05, 3.63) is 30.1 Å². The summed E-state index contributed by atoms with van der Waals surface area (Å²) in [6.45, 7) is 2.51. The van der Waals surface area contributed by atoms with Crippen molar-refractivity contribution >= 4 is 23.5 Å². The molecule has 20 heavy (non-hydrogen) atoms. The smallest absolute Gasteiger partial charge is 0.236 e. The molecule has 2 aromatic rings. The Morgan fingerprint density at radius 1 is 1.15 bits per heavy atom. The third-order valence-electron chi connectivity index (χ3n) is 2.71. The minimum atomic E-state index is -0.309. The number of aromatic nitrogens is 3. The van der Waals surface area contributed by atoms with Gasteiger partial charge >= 0.3 is 0 Å². The molecule has 0 aliphatic rings. The van der Waals surface area contributed by atoms with E-state index >= 15 is 0 Å². The van der Waals surface area contributed by atoms with Crippen molar-refractivity contribution in [1.82, 2.24) is 15.0 Å². The van der Waals surface area contributed by atoms with Crippen LogP contribution in [0.15, 0.2) is 24.3 Å². The van der Waals surface area contributed by atoms with Crippen molar-refractivity contribution in [3.63, 3.8) is 0 Å². The lowest BCUT2D eigenvalue weighted by molar-refractivity contribution is 0.627. The topological polar surface area (TPSA) is 71.2 Å². The third kappa shape index (κ3) is 2.93. The Kier molecular flexibility index (Phi) is 3.97. The van der Waals surface area contributed by atoms with E-state index in [1.807, 2.05) is 21.0 Å². The summed E-state index contributed by atoms with van der Waals surface area (Å²) in [4.78, 5) is 16.0. The number of nitrogen functional groups attached to an aromatic ring is 1. The lowest BCUT2D eigenvalue weighted by Gasteiger charge is -2.22. The summed E-state index contributed by atoms with van der Waals surface area (Å²) in [5.41, 5.74) is 6.38. The molecule has 0 amide bonds. The summed E-state index contributed by atoms with van der Waals surface area (Å²) in [6, 6.07) is 6.26. The summed E-state index contributed by atoms with van der Waals surface area (Å²) in [5.74, 6) is 0.681. The molecular weight excluding hydrogens is 259 g/mol. The van der Waals surface area contributed by atoms with Gasteiger partial charge in [0.25, 0.3) is 0 Å². The highest BCUT2D eigenvalue weighted by Crippen LogP contribution is 2.24. The van der Waals surface area contributed by atoms with Gasteiger partial charge in [-0.05, 0) is 25.1 Å². The number of benzene rings is 1. The summed E-state index contributed by atoms with van der Waals surface area (Å²) in [7, 11) is 3.63. The number of halogens is 1. The third-order valence-corrected chi connectivity index (χ3v) is 2.71. The fourth-order valence-corrected chi connectivity index (χ4v) is 1.77. The van der Waals surface area contributed by atoms with E-state index in [1.165, 1.54) is 12.1 Å². The summed E-state index contributed by atoms with van der Waals surface area (Å²) in [5, 5.41) is 0. The number of hydrogen-bond acceptors (Lipinski definition) is 6. The first-order chi connectivity index (χ1) is 9.51. The average Bonchev–Trinajstić information content (AvgIpc) is 2.39. The Hall–Kier alpha value is -2.44. The van der Waals surface area contributed by atoms with Crippen LogP contribution in [0.3, 0.4) is 0 Å². The quantitative estimate of drug-likeness (QED) is 0.918. The van der Waals surface area contributed by atoms with Crippen molar-refractivity contribution < 1.29 is 4.39 Å². The SMILES string of the molecule is CCN(c1cccc(F)c1)c1nc(N)nc(N(C)C)n1. The monoisotopic (exact) mass is 276 g/mol. The zero-order chi connectivity index (χ0) is 14.7. The molecule has 0 aliphatic carbocycles. The molecule has 6 nitrogen and oxygen atoms in total. The Labute approximate surface area is 117 Å². The predicted octanol–water partition coefficient (Wildman–Crippen LogP) is 1.82. The molecular formula is C13H17FN6. The molecule has 0 atom stereocenters. The first kappa shape index (κ1) is 14.0. The van der Waals surface area contributed by atoms with Gasteiger partial charge in [-0.3, -0.25) is 0 Å². The van der Waals surface area contributed by atoms with Gasteiger partial charge in [-0.2, -0.15) is 15.0 Å². The van der Waals surface area contributed by atoms with Crippen molar-refractivity contribution in [2.75, 3.05) is 36.2 Å². The maximum atomic E-state index is 13.4. The van der Waals surface area contributed by atoms with Crippen LogP contribution in [0.2, 0.25) is 0 Å². The number of nitrogens with zero attached hydrogens (tertiary/aromatic N) is 5. The van der Waals surface area contributed by atoms with E-state index in [2.05, 4.69) is 15.0 Å². The van der Waals surface area contributed by atoms with Gasteiger partial charge < -0.3 is 15.5 Å². The number of anilines is 4. The van der Waals surface area contributed by atoms with Crippen LogP contribution in [0, 0.1) is 5.82 Å². The summed E-state index contributed by atoms with van der Waals surface area (Å²) >= 11 is 0. The van der Waals surface area contributed by atoms with Crippen LogP contribution in [0.5, 0.6) is 0 Å². The van der Waals surface area contributed by atoms with E-state index in [0.29, 0.717) is 24.1 Å². The minimum Gasteiger partial charge on any atom is -0.368 e. The molecule has 2 N–H and O–H groups in total. The van der Waals surface area contributed by atoms with Crippen LogP contribution in [-0.4, -0.2) is 35.6 Å². The maximum Gasteiger partial charge on any atom is 0.236 e. The molecule has 1 aromatic carbocycles. The van der Waals surface area contributed by atoms with Crippen LogP contribution in [-0.2, 0) is 0 Å². The predicted molar refractivity (Wildman–Crippen MR) is 77.6 cm³/mol. The molecule has 0 unspecified atom stereocenters. The number of nitrogens with two attached hydrogens (primary N) is 1. The molecule has 7 heteroatoms. The van der Waals surface area contributed by atoms with Crippen LogP contribution >= 0.6 is 0 Å². The zero-order valence-electron chi connectivity index (χ0n) is 11.7. The van der Waals surface area contributed by atoms with Crippen LogP contribution in [0.25, 0.3) is 0 Å². The number of rotatable bonds is 4. The largest absolute Gasteiger partial charge is 0.368 e. The molecule has 0 saturated carbocycles. The second kappa shape index (κ2) is 5.68. The van der Waals surface area contributed by atoms with Gasteiger partial charge in [0.1, 0.15) is 5.82 Å². The molecule has 0 fully saturated rings. The number of hydrogen-bond donors (Lipinski definition) is 1. The van der Waals surface area contributed by atoms with E-state index < -0.39 is 0 Å². The van der Waals surface area contributed by atoms with Crippen molar-refractivity contribution in [2.45, 2.75) is 6.92 Å². The molecule has 0 saturated heterocycles. The lowest BCUT2D eigenvalue weighted by Crippen LogP contribution is -2.22. The molecule has 0 bridgehead atoms. The Bertz CT molecular complexity index is 601. The highest BCUT2D eigenvalue weighted by molar-refractivity contribution is 5.58.